The summed E-state index contributed by atoms with van der Waals surface area (Å²) in [5, 5.41) is 0. The van der Waals surface area contributed by atoms with Crippen LogP contribution in [-0.2, 0) is 16.0 Å². The summed E-state index contributed by atoms with van der Waals surface area (Å²) < 4.78 is 5.62. The Morgan fingerprint density at radius 3 is 3.00 bits per heavy atom. The Kier molecular flexibility index (Phi) is 3.21. The van der Waals surface area contributed by atoms with E-state index in [0.29, 0.717) is 18.1 Å². The van der Waals surface area contributed by atoms with Gasteiger partial charge in [0.05, 0.1) is 6.10 Å². The molecule has 3 rings (SSSR count). The fraction of sp³-hybridized carbons (Fsp3) is 0.562. The van der Waals surface area contributed by atoms with Gasteiger partial charge in [-0.25, -0.2) is 0 Å². The molecule has 96 valence electrons. The van der Waals surface area contributed by atoms with Crippen LogP contribution in [-0.4, -0.2) is 18.5 Å². The van der Waals surface area contributed by atoms with Crippen molar-refractivity contribution >= 4 is 5.78 Å². The minimum Gasteiger partial charge on any atom is -0.377 e. The van der Waals surface area contributed by atoms with Crippen molar-refractivity contribution in [2.24, 2.45) is 5.92 Å². The summed E-state index contributed by atoms with van der Waals surface area (Å²) in [5.74, 6) is 1.04. The first-order chi connectivity index (χ1) is 8.79. The summed E-state index contributed by atoms with van der Waals surface area (Å²) in [6.07, 6.45) is 3.84. The second-order valence-electron chi connectivity index (χ2n) is 5.48. The summed E-state index contributed by atoms with van der Waals surface area (Å²) in [6.45, 7) is 2.87. The third kappa shape index (κ3) is 1.99. The van der Waals surface area contributed by atoms with Crippen LogP contribution in [0.5, 0.6) is 0 Å². The number of Topliss-reactive ketones (excluding diaryl/α,β-unsaturated/α-hetero) is 1. The van der Waals surface area contributed by atoms with E-state index in [1.54, 1.807) is 0 Å². The molecule has 0 radical (unpaired) electrons. The summed E-state index contributed by atoms with van der Waals surface area (Å²) in [5.41, 5.74) is 2.81. The molecule has 0 saturated carbocycles. The molecule has 1 fully saturated rings. The maximum Gasteiger partial charge on any atom is 0.139 e. The molecule has 0 bridgehead atoms. The molecule has 3 atom stereocenters. The Morgan fingerprint density at radius 2 is 2.22 bits per heavy atom. The van der Waals surface area contributed by atoms with Crippen LogP contribution in [0.15, 0.2) is 24.3 Å². The molecule has 1 aliphatic heterocycles. The van der Waals surface area contributed by atoms with Gasteiger partial charge < -0.3 is 4.74 Å². The molecule has 2 nitrogen and oxygen atoms in total. The quantitative estimate of drug-likeness (QED) is 0.813. The lowest BCUT2D eigenvalue weighted by Gasteiger charge is -2.30. The van der Waals surface area contributed by atoms with Crippen molar-refractivity contribution < 1.29 is 9.53 Å². The third-order valence-electron chi connectivity index (χ3n) is 4.43. The zero-order valence-electron chi connectivity index (χ0n) is 10.9. The maximum atomic E-state index is 12.3. The maximum absolute atomic E-state index is 12.3. The van der Waals surface area contributed by atoms with Crippen molar-refractivity contribution in [3.05, 3.63) is 35.4 Å². The van der Waals surface area contributed by atoms with Crippen molar-refractivity contribution in [3.8, 4) is 0 Å². The predicted octanol–water partition coefficient (Wildman–Crippen LogP) is 3.10. The third-order valence-corrected chi connectivity index (χ3v) is 4.43. The van der Waals surface area contributed by atoms with Crippen molar-refractivity contribution in [1.82, 2.24) is 0 Å². The van der Waals surface area contributed by atoms with Crippen LogP contribution >= 0.6 is 0 Å². The van der Waals surface area contributed by atoms with Crippen molar-refractivity contribution in [2.45, 2.75) is 44.6 Å². The van der Waals surface area contributed by atoms with Crippen LogP contribution in [0.4, 0.5) is 0 Å². The summed E-state index contributed by atoms with van der Waals surface area (Å²) in [6, 6.07) is 8.49. The van der Waals surface area contributed by atoms with E-state index >= 15 is 0 Å². The van der Waals surface area contributed by atoms with Gasteiger partial charge in [-0.1, -0.05) is 31.2 Å². The van der Waals surface area contributed by atoms with Gasteiger partial charge in [0.2, 0.25) is 0 Å². The predicted molar refractivity (Wildman–Crippen MR) is 70.6 cm³/mol. The van der Waals surface area contributed by atoms with Crippen LogP contribution in [0, 0.1) is 5.92 Å². The molecule has 0 N–H and O–H groups in total. The molecule has 1 aromatic carbocycles. The summed E-state index contributed by atoms with van der Waals surface area (Å²) in [4.78, 5) is 12.3. The van der Waals surface area contributed by atoms with Gasteiger partial charge in [-0.2, -0.15) is 0 Å². The van der Waals surface area contributed by atoms with Crippen LogP contribution < -0.4 is 0 Å². The summed E-state index contributed by atoms with van der Waals surface area (Å²) >= 11 is 0. The smallest absolute Gasteiger partial charge is 0.139 e. The number of carbonyl (C=O) groups excluding carboxylic acids is 1. The van der Waals surface area contributed by atoms with Gasteiger partial charge >= 0.3 is 0 Å². The lowest BCUT2D eigenvalue weighted by molar-refractivity contribution is -0.125. The SMILES string of the molecule is CCC1OCCC1C(=O)CC1Cc2ccccc21. The number of ketones is 1. The van der Waals surface area contributed by atoms with E-state index in [-0.39, 0.29) is 12.0 Å². The molecule has 0 aromatic heterocycles. The lowest BCUT2D eigenvalue weighted by atomic mass is 9.73. The van der Waals surface area contributed by atoms with E-state index in [2.05, 4.69) is 31.2 Å². The molecule has 1 heterocycles. The topological polar surface area (TPSA) is 26.3 Å². The fourth-order valence-corrected chi connectivity index (χ4v) is 3.36. The Labute approximate surface area is 108 Å². The first-order valence-corrected chi connectivity index (χ1v) is 7.01. The number of rotatable bonds is 4. The highest BCUT2D eigenvalue weighted by atomic mass is 16.5. The second-order valence-corrected chi connectivity index (χ2v) is 5.48. The van der Waals surface area contributed by atoms with E-state index in [9.17, 15) is 4.79 Å². The van der Waals surface area contributed by atoms with Gasteiger partial charge in [0.15, 0.2) is 0 Å². The molecule has 0 amide bonds. The number of carbonyl (C=O) groups is 1. The van der Waals surface area contributed by atoms with Crippen LogP contribution in [0.2, 0.25) is 0 Å². The minimum absolute atomic E-state index is 0.155. The zero-order chi connectivity index (χ0) is 12.5. The normalized spacial score (nSPS) is 29.7. The van der Waals surface area contributed by atoms with Gasteiger partial charge in [-0.3, -0.25) is 4.79 Å². The van der Waals surface area contributed by atoms with E-state index in [1.807, 2.05) is 0 Å². The fourth-order valence-electron chi connectivity index (χ4n) is 3.36. The number of benzene rings is 1. The zero-order valence-corrected chi connectivity index (χ0v) is 10.9. The minimum atomic E-state index is 0.155. The van der Waals surface area contributed by atoms with E-state index in [0.717, 1.165) is 25.9 Å². The molecular weight excluding hydrogens is 224 g/mol. The van der Waals surface area contributed by atoms with Crippen LogP contribution in [0.1, 0.15) is 43.2 Å². The van der Waals surface area contributed by atoms with E-state index in [1.165, 1.54) is 11.1 Å². The summed E-state index contributed by atoms with van der Waals surface area (Å²) in [7, 11) is 0. The standard InChI is InChI=1S/C16H20O2/c1-2-16-14(7-8-18-16)15(17)10-12-9-11-5-3-4-6-13(11)12/h3-6,12,14,16H,2,7-10H2,1H3. The molecule has 1 saturated heterocycles. The Bertz CT molecular complexity index is 452. The first kappa shape index (κ1) is 11.9. The molecule has 2 heteroatoms. The van der Waals surface area contributed by atoms with Crippen LogP contribution in [0.25, 0.3) is 0 Å². The Hall–Kier alpha value is -1.15. The highest BCUT2D eigenvalue weighted by Gasteiger charge is 2.35. The molecule has 0 spiro atoms. The first-order valence-electron chi connectivity index (χ1n) is 7.01. The largest absolute Gasteiger partial charge is 0.377 e. The molecular formula is C16H20O2. The monoisotopic (exact) mass is 244 g/mol. The molecule has 1 aliphatic carbocycles. The lowest BCUT2D eigenvalue weighted by Crippen LogP contribution is -2.28. The second kappa shape index (κ2) is 4.85. The average molecular weight is 244 g/mol. The average Bonchev–Trinajstić information content (AvgIpc) is 2.84. The number of hydrogen-bond acceptors (Lipinski definition) is 2. The van der Waals surface area contributed by atoms with Gasteiger partial charge in [0.1, 0.15) is 5.78 Å². The molecule has 3 unspecified atom stereocenters. The molecule has 1 aromatic rings. The number of hydrogen-bond donors (Lipinski definition) is 0. The van der Waals surface area contributed by atoms with Crippen LogP contribution in [0.3, 0.4) is 0 Å². The molecule has 2 aliphatic rings. The van der Waals surface area contributed by atoms with Crippen molar-refractivity contribution in [2.75, 3.05) is 6.61 Å². The van der Waals surface area contributed by atoms with E-state index in [4.69, 9.17) is 4.74 Å². The van der Waals surface area contributed by atoms with Crippen molar-refractivity contribution in [1.29, 1.82) is 0 Å². The number of ether oxygens (including phenoxy) is 1. The van der Waals surface area contributed by atoms with E-state index < -0.39 is 0 Å². The Balaban J connectivity index is 1.63. The highest BCUT2D eigenvalue weighted by Crippen LogP contribution is 2.39. The highest BCUT2D eigenvalue weighted by molar-refractivity contribution is 5.83. The van der Waals surface area contributed by atoms with Gasteiger partial charge in [-0.05, 0) is 36.3 Å². The van der Waals surface area contributed by atoms with Gasteiger partial charge in [-0.15, -0.1) is 0 Å². The van der Waals surface area contributed by atoms with Crippen molar-refractivity contribution in [3.63, 3.8) is 0 Å². The molecule has 18 heavy (non-hydrogen) atoms. The number of fused-ring (bicyclic) bond motifs is 1. The van der Waals surface area contributed by atoms with Gasteiger partial charge in [0, 0.05) is 18.9 Å². The van der Waals surface area contributed by atoms with Gasteiger partial charge in [0.25, 0.3) is 0 Å². The Morgan fingerprint density at radius 1 is 1.39 bits per heavy atom.